The highest BCUT2D eigenvalue weighted by molar-refractivity contribution is 5.78. The molecule has 0 atom stereocenters. The Kier molecular flexibility index (Phi) is 8.58. The van der Waals surface area contributed by atoms with E-state index in [1.807, 2.05) is 0 Å². The molecule has 0 amide bonds. The van der Waals surface area contributed by atoms with Crippen LogP contribution >= 0.6 is 0 Å². The summed E-state index contributed by atoms with van der Waals surface area (Å²) in [4.78, 5) is 14.4. The number of rotatable bonds is 11. The fourth-order valence-corrected chi connectivity index (χ4v) is 5.46. The maximum Gasteiger partial charge on any atom is 0.106 e. The standard InChI is InChI=1S/C33H50N6/c1-24-34-28-14-12-26(32(3,4)5)22-30(28)38(24)18-11-17-37(10)19-16-33(6,7)27-13-15-29-31(23-27)39(25(2)35-29)21-20-36(8)9/h12-15,22-23H,11,16-21H2,1-10H3. The molecule has 2 heterocycles. The molecule has 2 aromatic heterocycles. The van der Waals surface area contributed by atoms with Gasteiger partial charge < -0.3 is 18.9 Å². The lowest BCUT2D eigenvalue weighted by Crippen LogP contribution is -2.28. The van der Waals surface area contributed by atoms with Crippen molar-refractivity contribution < 1.29 is 0 Å². The van der Waals surface area contributed by atoms with Crippen molar-refractivity contribution in [1.82, 2.24) is 28.9 Å². The Labute approximate surface area is 236 Å². The normalized spacial score (nSPS) is 13.0. The van der Waals surface area contributed by atoms with Crippen LogP contribution in [0.2, 0.25) is 0 Å². The molecule has 0 aliphatic rings. The SMILES string of the molecule is Cc1nc2ccc(C(C)(C)C)cc2n1CCCN(C)CCC(C)(C)c1ccc2nc(C)n(CCN(C)C)c2c1. The number of aryl methyl sites for hydroxylation is 3. The lowest BCUT2D eigenvalue weighted by molar-refractivity contribution is 0.286. The van der Waals surface area contributed by atoms with Crippen LogP contribution in [-0.2, 0) is 23.9 Å². The predicted molar refractivity (Wildman–Crippen MR) is 166 cm³/mol. The van der Waals surface area contributed by atoms with E-state index in [0.29, 0.717) is 0 Å². The summed E-state index contributed by atoms with van der Waals surface area (Å²) in [5, 5.41) is 0. The van der Waals surface area contributed by atoms with Gasteiger partial charge in [0.1, 0.15) is 11.6 Å². The first-order valence-electron chi connectivity index (χ1n) is 14.5. The third-order valence-electron chi connectivity index (χ3n) is 8.34. The molecule has 0 aliphatic heterocycles. The van der Waals surface area contributed by atoms with E-state index in [0.717, 1.165) is 68.2 Å². The molecule has 4 rings (SSSR count). The smallest absolute Gasteiger partial charge is 0.106 e. The molecule has 0 saturated carbocycles. The Bertz CT molecular complexity index is 1420. The highest BCUT2D eigenvalue weighted by Gasteiger charge is 2.23. The number of fused-ring (bicyclic) bond motifs is 2. The van der Waals surface area contributed by atoms with Gasteiger partial charge in [-0.1, -0.05) is 46.8 Å². The van der Waals surface area contributed by atoms with Crippen molar-refractivity contribution >= 4 is 22.1 Å². The van der Waals surface area contributed by atoms with Gasteiger partial charge in [0.25, 0.3) is 0 Å². The number of nitrogens with zero attached hydrogens (tertiary/aromatic N) is 6. The number of imidazole rings is 2. The van der Waals surface area contributed by atoms with Gasteiger partial charge >= 0.3 is 0 Å². The monoisotopic (exact) mass is 530 g/mol. The van der Waals surface area contributed by atoms with Crippen LogP contribution in [0.3, 0.4) is 0 Å². The molecule has 0 fully saturated rings. The number of hydrogen-bond acceptors (Lipinski definition) is 4. The van der Waals surface area contributed by atoms with E-state index in [1.165, 1.54) is 22.2 Å². The fourth-order valence-electron chi connectivity index (χ4n) is 5.46. The zero-order valence-electron chi connectivity index (χ0n) is 26.1. The number of hydrogen-bond donors (Lipinski definition) is 0. The lowest BCUT2D eigenvalue weighted by Gasteiger charge is -2.28. The van der Waals surface area contributed by atoms with Gasteiger partial charge in [-0.15, -0.1) is 0 Å². The minimum absolute atomic E-state index is 0.0908. The molecule has 212 valence electrons. The number of benzene rings is 2. The van der Waals surface area contributed by atoms with Gasteiger partial charge in [0.2, 0.25) is 0 Å². The molecule has 2 aromatic carbocycles. The molecule has 6 heteroatoms. The predicted octanol–water partition coefficient (Wildman–Crippen LogP) is 6.55. The van der Waals surface area contributed by atoms with E-state index in [4.69, 9.17) is 9.97 Å². The number of aromatic nitrogens is 4. The highest BCUT2D eigenvalue weighted by atomic mass is 15.1. The Hall–Kier alpha value is -2.70. The minimum Gasteiger partial charge on any atom is -0.328 e. The molecule has 0 N–H and O–H groups in total. The van der Waals surface area contributed by atoms with Crippen molar-refractivity contribution in [2.75, 3.05) is 40.8 Å². The van der Waals surface area contributed by atoms with Crippen LogP contribution in [0.5, 0.6) is 0 Å². The molecule has 0 saturated heterocycles. The van der Waals surface area contributed by atoms with Crippen molar-refractivity contribution in [3.63, 3.8) is 0 Å². The molecule has 0 unspecified atom stereocenters. The molecule has 0 bridgehead atoms. The summed E-state index contributed by atoms with van der Waals surface area (Å²) in [6.45, 7) is 20.9. The second-order valence-corrected chi connectivity index (χ2v) is 13.4. The first kappa shape index (κ1) is 29.3. The molecule has 0 spiro atoms. The van der Waals surface area contributed by atoms with E-state index in [-0.39, 0.29) is 10.8 Å². The van der Waals surface area contributed by atoms with Gasteiger partial charge in [-0.05, 0) is 107 Å². The Balaban J connectivity index is 1.37. The van der Waals surface area contributed by atoms with Gasteiger partial charge in [0, 0.05) is 19.6 Å². The van der Waals surface area contributed by atoms with Gasteiger partial charge in [0.05, 0.1) is 22.1 Å². The first-order chi connectivity index (χ1) is 18.3. The third kappa shape index (κ3) is 6.72. The van der Waals surface area contributed by atoms with E-state index >= 15 is 0 Å². The zero-order valence-corrected chi connectivity index (χ0v) is 26.1. The van der Waals surface area contributed by atoms with E-state index < -0.39 is 0 Å². The van der Waals surface area contributed by atoms with E-state index in [2.05, 4.69) is 125 Å². The van der Waals surface area contributed by atoms with Crippen LogP contribution in [0.4, 0.5) is 0 Å². The summed E-state index contributed by atoms with van der Waals surface area (Å²) in [6, 6.07) is 13.6. The summed E-state index contributed by atoms with van der Waals surface area (Å²) in [5.41, 5.74) is 7.71. The van der Waals surface area contributed by atoms with E-state index in [1.54, 1.807) is 0 Å². The molecule has 6 nitrogen and oxygen atoms in total. The van der Waals surface area contributed by atoms with Gasteiger partial charge in [0.15, 0.2) is 0 Å². The van der Waals surface area contributed by atoms with E-state index in [9.17, 15) is 0 Å². The molecule has 0 radical (unpaired) electrons. The van der Waals surface area contributed by atoms with Crippen LogP contribution in [0.25, 0.3) is 22.1 Å². The maximum atomic E-state index is 4.83. The second kappa shape index (κ2) is 11.4. The van der Waals surface area contributed by atoms with Crippen LogP contribution in [0, 0.1) is 13.8 Å². The Morgan fingerprint density at radius 2 is 1.23 bits per heavy atom. The summed E-state index contributed by atoms with van der Waals surface area (Å²) in [7, 11) is 6.51. The Morgan fingerprint density at radius 3 is 1.79 bits per heavy atom. The average molecular weight is 531 g/mol. The van der Waals surface area contributed by atoms with Crippen LogP contribution in [-0.4, -0.2) is 69.7 Å². The van der Waals surface area contributed by atoms with Crippen molar-refractivity contribution in [1.29, 1.82) is 0 Å². The summed E-state index contributed by atoms with van der Waals surface area (Å²) < 4.78 is 4.77. The van der Waals surface area contributed by atoms with Crippen LogP contribution < -0.4 is 0 Å². The van der Waals surface area contributed by atoms with Crippen molar-refractivity contribution in [2.24, 2.45) is 0 Å². The van der Waals surface area contributed by atoms with Crippen molar-refractivity contribution in [2.45, 2.75) is 85.2 Å². The third-order valence-corrected chi connectivity index (χ3v) is 8.34. The average Bonchev–Trinajstić information content (AvgIpc) is 3.34. The summed E-state index contributed by atoms with van der Waals surface area (Å²) in [6.07, 6.45) is 2.22. The molecule has 39 heavy (non-hydrogen) atoms. The molecular formula is C33H50N6. The largest absolute Gasteiger partial charge is 0.328 e. The van der Waals surface area contributed by atoms with Crippen molar-refractivity contribution in [3.05, 3.63) is 59.2 Å². The second-order valence-electron chi connectivity index (χ2n) is 13.4. The van der Waals surface area contributed by atoms with Crippen LogP contribution in [0.1, 0.15) is 70.2 Å². The zero-order chi connectivity index (χ0) is 28.5. The quantitative estimate of drug-likeness (QED) is 0.220. The fraction of sp³-hybridized carbons (Fsp3) is 0.576. The summed E-state index contributed by atoms with van der Waals surface area (Å²) >= 11 is 0. The maximum absolute atomic E-state index is 4.83. The molecule has 4 aromatic rings. The van der Waals surface area contributed by atoms with Crippen molar-refractivity contribution in [3.8, 4) is 0 Å². The Morgan fingerprint density at radius 1 is 0.692 bits per heavy atom. The highest BCUT2D eigenvalue weighted by Crippen LogP contribution is 2.31. The van der Waals surface area contributed by atoms with Crippen LogP contribution in [0.15, 0.2) is 36.4 Å². The van der Waals surface area contributed by atoms with Gasteiger partial charge in [-0.3, -0.25) is 0 Å². The van der Waals surface area contributed by atoms with Gasteiger partial charge in [-0.25, -0.2) is 9.97 Å². The molecular weight excluding hydrogens is 480 g/mol. The number of likely N-dealkylation sites (N-methyl/N-ethyl adjacent to an activating group) is 1. The topological polar surface area (TPSA) is 42.1 Å². The first-order valence-corrected chi connectivity index (χ1v) is 14.5. The lowest BCUT2D eigenvalue weighted by atomic mass is 9.81. The van der Waals surface area contributed by atoms with Gasteiger partial charge in [-0.2, -0.15) is 0 Å². The summed E-state index contributed by atoms with van der Waals surface area (Å²) in [5.74, 6) is 2.20. The minimum atomic E-state index is 0.0908. The molecule has 0 aliphatic carbocycles.